The highest BCUT2D eigenvalue weighted by Gasteiger charge is 2.48. The van der Waals surface area contributed by atoms with E-state index in [-0.39, 0.29) is 28.8 Å². The second-order valence-electron chi connectivity index (χ2n) is 12.5. The molecule has 2 bridgehead atoms. The van der Waals surface area contributed by atoms with Crippen LogP contribution in [0.15, 0.2) is 41.3 Å². The predicted molar refractivity (Wildman–Crippen MR) is 154 cm³/mol. The summed E-state index contributed by atoms with van der Waals surface area (Å²) in [6.07, 6.45) is 8.41. The second kappa shape index (κ2) is 10.6. The van der Waals surface area contributed by atoms with Gasteiger partial charge in [-0.3, -0.25) is 19.6 Å². The van der Waals surface area contributed by atoms with Crippen molar-refractivity contribution in [1.82, 2.24) is 24.3 Å². The maximum atomic E-state index is 12.8. The number of benzene rings is 1. The molecular formula is C29H42N8O3. The number of hydrogen-bond donors (Lipinski definition) is 3. The Balaban J connectivity index is 1.16. The van der Waals surface area contributed by atoms with E-state index in [9.17, 15) is 14.4 Å². The van der Waals surface area contributed by atoms with Gasteiger partial charge in [0.1, 0.15) is 5.82 Å². The lowest BCUT2D eigenvalue weighted by atomic mass is 9.61. The van der Waals surface area contributed by atoms with Gasteiger partial charge in [0.25, 0.3) is 0 Å². The van der Waals surface area contributed by atoms with E-state index in [2.05, 4.69) is 34.4 Å². The van der Waals surface area contributed by atoms with E-state index in [4.69, 9.17) is 11.5 Å². The number of fused-ring (bicyclic) bond motifs is 3. The molecule has 11 nitrogen and oxygen atoms in total. The van der Waals surface area contributed by atoms with Crippen molar-refractivity contribution in [1.29, 1.82) is 0 Å². The SMILES string of the molecule is CN(Cc1ccc(-n2ccc(NC(=O)N3CCN(C(=O)C(C)(C)N)CC3)nc2=O)cc1)C12CCC(N)(CC1)CC2. The summed E-state index contributed by atoms with van der Waals surface area (Å²) in [5, 5.41) is 2.70. The van der Waals surface area contributed by atoms with Gasteiger partial charge in [-0.25, -0.2) is 9.59 Å². The molecule has 2 heterocycles. The first-order chi connectivity index (χ1) is 18.9. The highest BCUT2D eigenvalue weighted by atomic mass is 16.2. The summed E-state index contributed by atoms with van der Waals surface area (Å²) in [5.74, 6) is 0.0468. The zero-order chi connectivity index (χ0) is 28.7. The fraction of sp³-hybridized carbons (Fsp3) is 0.586. The lowest BCUT2D eigenvalue weighted by Gasteiger charge is -2.55. The average molecular weight is 551 g/mol. The van der Waals surface area contributed by atoms with Crippen molar-refractivity contribution >= 4 is 17.8 Å². The molecule has 6 rings (SSSR count). The number of carbonyl (C=O) groups is 2. The van der Waals surface area contributed by atoms with Crippen LogP contribution in [0.4, 0.5) is 10.6 Å². The third-order valence-corrected chi connectivity index (χ3v) is 9.15. The van der Waals surface area contributed by atoms with Gasteiger partial charge in [-0.05, 0) is 83.2 Å². The minimum Gasteiger partial charge on any atom is -0.338 e. The molecule has 0 spiro atoms. The monoisotopic (exact) mass is 550 g/mol. The number of amides is 3. The molecule has 40 heavy (non-hydrogen) atoms. The smallest absolute Gasteiger partial charge is 0.338 e. The van der Waals surface area contributed by atoms with Crippen molar-refractivity contribution < 1.29 is 9.59 Å². The Kier molecular flexibility index (Phi) is 7.49. The first kappa shape index (κ1) is 28.3. The molecule has 4 aliphatic rings. The van der Waals surface area contributed by atoms with E-state index in [1.807, 2.05) is 12.1 Å². The summed E-state index contributed by atoms with van der Waals surface area (Å²) in [4.78, 5) is 47.7. The quantitative estimate of drug-likeness (QED) is 0.498. The topological polar surface area (TPSA) is 143 Å². The highest BCUT2D eigenvalue weighted by Crippen LogP contribution is 2.48. The van der Waals surface area contributed by atoms with Crippen LogP contribution in [0.3, 0.4) is 0 Å². The van der Waals surface area contributed by atoms with E-state index >= 15 is 0 Å². The van der Waals surface area contributed by atoms with Gasteiger partial charge < -0.3 is 21.3 Å². The number of nitrogens with two attached hydrogens (primary N) is 2. The summed E-state index contributed by atoms with van der Waals surface area (Å²) in [6.45, 7) is 5.76. The molecule has 4 fully saturated rings. The Hall–Kier alpha value is -3.28. The van der Waals surface area contributed by atoms with Crippen LogP contribution in [0.5, 0.6) is 0 Å². The predicted octanol–water partition coefficient (Wildman–Crippen LogP) is 1.88. The van der Waals surface area contributed by atoms with Gasteiger partial charge in [0.15, 0.2) is 0 Å². The number of carbonyl (C=O) groups excluding carboxylic acids is 2. The van der Waals surface area contributed by atoms with Crippen molar-refractivity contribution in [3.8, 4) is 5.69 Å². The highest BCUT2D eigenvalue weighted by molar-refractivity contribution is 5.89. The number of nitrogens with one attached hydrogen (secondary N) is 1. The van der Waals surface area contributed by atoms with E-state index in [1.54, 1.807) is 35.9 Å². The summed E-state index contributed by atoms with van der Waals surface area (Å²) >= 11 is 0. The maximum Gasteiger partial charge on any atom is 0.354 e. The van der Waals surface area contributed by atoms with Crippen molar-refractivity contribution in [3.05, 3.63) is 52.6 Å². The van der Waals surface area contributed by atoms with E-state index in [1.165, 1.54) is 10.1 Å². The first-order valence-electron chi connectivity index (χ1n) is 14.2. The number of piperazine rings is 1. The zero-order valence-electron chi connectivity index (χ0n) is 23.9. The molecule has 3 saturated carbocycles. The van der Waals surface area contributed by atoms with Crippen molar-refractivity contribution in [2.45, 2.75) is 75.5 Å². The number of hydrogen-bond acceptors (Lipinski definition) is 7. The molecule has 0 radical (unpaired) electrons. The van der Waals surface area contributed by atoms with Crippen LogP contribution in [0.2, 0.25) is 0 Å². The van der Waals surface area contributed by atoms with Crippen molar-refractivity contribution in [2.24, 2.45) is 11.5 Å². The lowest BCUT2D eigenvalue weighted by molar-refractivity contribution is -0.137. The third kappa shape index (κ3) is 5.77. The summed E-state index contributed by atoms with van der Waals surface area (Å²) in [5.41, 5.74) is 13.2. The van der Waals surface area contributed by atoms with Crippen LogP contribution in [-0.4, -0.2) is 86.0 Å². The molecular weight excluding hydrogens is 508 g/mol. The van der Waals surface area contributed by atoms with Crippen LogP contribution in [0.25, 0.3) is 5.69 Å². The molecule has 11 heteroatoms. The van der Waals surface area contributed by atoms with Gasteiger partial charge in [-0.2, -0.15) is 4.98 Å². The molecule has 2 aromatic rings. The van der Waals surface area contributed by atoms with Gasteiger partial charge in [0.05, 0.1) is 11.2 Å². The molecule has 216 valence electrons. The Morgan fingerprint density at radius 3 is 2.10 bits per heavy atom. The zero-order valence-corrected chi connectivity index (χ0v) is 23.9. The van der Waals surface area contributed by atoms with Gasteiger partial charge in [-0.1, -0.05) is 12.1 Å². The lowest BCUT2D eigenvalue weighted by Crippen LogP contribution is -2.60. The van der Waals surface area contributed by atoms with Crippen LogP contribution in [0, 0.1) is 0 Å². The molecule has 3 amide bonds. The third-order valence-electron chi connectivity index (χ3n) is 9.15. The Morgan fingerprint density at radius 1 is 0.975 bits per heavy atom. The van der Waals surface area contributed by atoms with E-state index in [0.29, 0.717) is 31.9 Å². The van der Waals surface area contributed by atoms with E-state index in [0.717, 1.165) is 45.1 Å². The normalized spacial score (nSPS) is 24.9. The van der Waals surface area contributed by atoms with Gasteiger partial charge in [-0.15, -0.1) is 0 Å². The largest absolute Gasteiger partial charge is 0.354 e. The Bertz CT molecular complexity index is 1280. The molecule has 1 aliphatic heterocycles. The molecule has 1 saturated heterocycles. The van der Waals surface area contributed by atoms with Gasteiger partial charge in [0.2, 0.25) is 5.91 Å². The van der Waals surface area contributed by atoms with Crippen LogP contribution >= 0.6 is 0 Å². The molecule has 0 unspecified atom stereocenters. The number of aromatic nitrogens is 2. The minimum absolute atomic E-state index is 0.0587. The first-order valence-corrected chi connectivity index (χ1v) is 14.2. The maximum absolute atomic E-state index is 12.8. The molecule has 5 N–H and O–H groups in total. The molecule has 1 aromatic heterocycles. The molecule has 1 aromatic carbocycles. The standard InChI is InChI=1S/C29H42N8O3/c1-27(2,30)24(38)35-16-18-36(19-17-35)25(39)32-23-8-15-37(26(40)33-23)22-6-4-21(5-7-22)20-34(3)29-12-9-28(31,10-13-29)11-14-29/h4-8,15H,9-14,16-20,30-31H2,1-3H3,(H,32,33,39,40). The second-order valence-corrected chi connectivity index (χ2v) is 12.5. The van der Waals surface area contributed by atoms with Crippen molar-refractivity contribution in [3.63, 3.8) is 0 Å². The molecule has 3 aliphatic carbocycles. The Labute approximate surface area is 235 Å². The van der Waals surface area contributed by atoms with E-state index < -0.39 is 11.2 Å². The average Bonchev–Trinajstić information content (AvgIpc) is 2.93. The summed E-state index contributed by atoms with van der Waals surface area (Å²) in [6, 6.07) is 9.22. The number of anilines is 1. The number of nitrogens with zero attached hydrogens (tertiary/aromatic N) is 5. The van der Waals surface area contributed by atoms with Gasteiger partial charge in [0, 0.05) is 50.0 Å². The van der Waals surface area contributed by atoms with Crippen LogP contribution in [0.1, 0.15) is 57.9 Å². The summed E-state index contributed by atoms with van der Waals surface area (Å²) < 4.78 is 1.46. The Morgan fingerprint density at radius 2 is 1.55 bits per heavy atom. The van der Waals surface area contributed by atoms with Crippen LogP contribution in [-0.2, 0) is 11.3 Å². The molecule has 0 atom stereocenters. The number of urea groups is 1. The van der Waals surface area contributed by atoms with Gasteiger partial charge >= 0.3 is 11.7 Å². The summed E-state index contributed by atoms with van der Waals surface area (Å²) in [7, 11) is 2.21. The fourth-order valence-corrected chi connectivity index (χ4v) is 6.35. The van der Waals surface area contributed by atoms with Crippen molar-refractivity contribution in [2.75, 3.05) is 38.5 Å². The van der Waals surface area contributed by atoms with Crippen LogP contribution < -0.4 is 22.5 Å². The minimum atomic E-state index is -0.946. The number of rotatable bonds is 6. The fourth-order valence-electron chi connectivity index (χ4n) is 6.35.